The highest BCUT2D eigenvalue weighted by molar-refractivity contribution is 6.10. The number of para-hydroxylation sites is 2. The van der Waals surface area contributed by atoms with Gasteiger partial charge in [0.25, 0.3) is 0 Å². The third kappa shape index (κ3) is 4.19. The lowest BCUT2D eigenvalue weighted by atomic mass is 10.0. The van der Waals surface area contributed by atoms with Crippen LogP contribution in [0.25, 0.3) is 83.1 Å². The van der Waals surface area contributed by atoms with Gasteiger partial charge in [-0.2, -0.15) is 0 Å². The predicted molar refractivity (Wildman–Crippen MR) is 185 cm³/mol. The summed E-state index contributed by atoms with van der Waals surface area (Å²) in [6.07, 6.45) is 1.96. The van der Waals surface area contributed by atoms with Crippen molar-refractivity contribution in [3.63, 3.8) is 0 Å². The van der Waals surface area contributed by atoms with Gasteiger partial charge in [-0.05, 0) is 41.3 Å². The number of hydrogen-bond acceptors (Lipinski definition) is 3. The minimum Gasteiger partial charge on any atom is -0.294 e. The second-order valence-electron chi connectivity index (χ2n) is 11.3. The van der Waals surface area contributed by atoms with Gasteiger partial charge < -0.3 is 0 Å². The molecule has 0 saturated carbocycles. The van der Waals surface area contributed by atoms with Gasteiger partial charge in [0.05, 0.1) is 22.2 Å². The second-order valence-corrected chi connectivity index (χ2v) is 11.3. The van der Waals surface area contributed by atoms with Crippen molar-refractivity contribution in [2.24, 2.45) is 0 Å². The summed E-state index contributed by atoms with van der Waals surface area (Å²) in [7, 11) is 0. The van der Waals surface area contributed by atoms with Gasteiger partial charge in [-0.25, -0.2) is 15.0 Å². The summed E-state index contributed by atoms with van der Waals surface area (Å²) in [5, 5.41) is 5.81. The molecule has 210 valence electrons. The zero-order valence-electron chi connectivity index (χ0n) is 24.3. The van der Waals surface area contributed by atoms with Crippen LogP contribution in [0, 0.1) is 0 Å². The van der Waals surface area contributed by atoms with Crippen LogP contribution in [0.3, 0.4) is 0 Å². The van der Waals surface area contributed by atoms with E-state index >= 15 is 0 Å². The Kier molecular flexibility index (Phi) is 5.78. The second kappa shape index (κ2) is 10.2. The molecule has 0 aliphatic rings. The number of fused-ring (bicyclic) bond motifs is 6. The Bertz CT molecular complexity index is 2460. The van der Waals surface area contributed by atoms with Crippen molar-refractivity contribution in [2.45, 2.75) is 0 Å². The molecule has 0 aliphatic heterocycles. The van der Waals surface area contributed by atoms with E-state index in [4.69, 9.17) is 15.0 Å². The quantitative estimate of drug-likeness (QED) is 0.196. The van der Waals surface area contributed by atoms with Gasteiger partial charge in [0.1, 0.15) is 5.82 Å². The Morgan fingerprint density at radius 1 is 0.400 bits per heavy atom. The van der Waals surface area contributed by atoms with E-state index in [2.05, 4.69) is 150 Å². The molecule has 6 aromatic carbocycles. The van der Waals surface area contributed by atoms with Gasteiger partial charge in [-0.1, -0.05) is 121 Å². The number of pyridine rings is 1. The van der Waals surface area contributed by atoms with Crippen LogP contribution >= 0.6 is 0 Å². The fourth-order valence-electron chi connectivity index (χ4n) is 6.48. The maximum atomic E-state index is 5.13. The maximum absolute atomic E-state index is 5.13. The molecular formula is C41H26N4. The van der Waals surface area contributed by atoms with Gasteiger partial charge >= 0.3 is 0 Å². The number of benzene rings is 6. The van der Waals surface area contributed by atoms with Crippen LogP contribution in [0.4, 0.5) is 0 Å². The maximum Gasteiger partial charge on any atom is 0.160 e. The lowest BCUT2D eigenvalue weighted by Gasteiger charge is -2.12. The van der Waals surface area contributed by atoms with Crippen molar-refractivity contribution >= 4 is 43.5 Å². The zero-order valence-corrected chi connectivity index (χ0v) is 24.3. The first-order valence-corrected chi connectivity index (χ1v) is 15.1. The summed E-state index contributed by atoms with van der Waals surface area (Å²) in [6.45, 7) is 0. The first kappa shape index (κ1) is 25.4. The monoisotopic (exact) mass is 574 g/mol. The molecule has 4 heteroatoms. The van der Waals surface area contributed by atoms with Crippen LogP contribution in [0.1, 0.15) is 0 Å². The molecule has 3 heterocycles. The molecule has 9 aromatic rings. The van der Waals surface area contributed by atoms with Gasteiger partial charge in [0, 0.05) is 44.4 Å². The predicted octanol–water partition coefficient (Wildman–Crippen LogP) is 10.3. The summed E-state index contributed by atoms with van der Waals surface area (Å²) in [5.74, 6) is 1.61. The molecule has 0 spiro atoms. The Morgan fingerprint density at radius 2 is 1.02 bits per heavy atom. The number of aromatic nitrogens is 4. The van der Waals surface area contributed by atoms with Crippen molar-refractivity contribution < 1.29 is 0 Å². The first-order chi connectivity index (χ1) is 22.3. The summed E-state index contributed by atoms with van der Waals surface area (Å²) in [6, 6.07) is 52.8. The average molecular weight is 575 g/mol. The SMILES string of the molecule is c1ccc(-c2nc(-c3ccc(-c4ccc(-n5c6ccccc6c6ccccc65)nc4)cc3)nc3c2ccc2ccccc23)cc1. The third-order valence-corrected chi connectivity index (χ3v) is 8.67. The first-order valence-electron chi connectivity index (χ1n) is 15.1. The van der Waals surface area contributed by atoms with E-state index < -0.39 is 0 Å². The molecule has 0 radical (unpaired) electrons. The smallest absolute Gasteiger partial charge is 0.160 e. The molecule has 4 nitrogen and oxygen atoms in total. The van der Waals surface area contributed by atoms with Crippen molar-refractivity contribution in [3.05, 3.63) is 158 Å². The Balaban J connectivity index is 1.11. The van der Waals surface area contributed by atoms with Gasteiger partial charge in [-0.15, -0.1) is 0 Å². The summed E-state index contributed by atoms with van der Waals surface area (Å²) >= 11 is 0. The highest BCUT2D eigenvalue weighted by atomic mass is 15.1. The lowest BCUT2D eigenvalue weighted by molar-refractivity contribution is 1.08. The molecule has 0 amide bonds. The summed E-state index contributed by atoms with van der Waals surface area (Å²) in [5.41, 5.74) is 8.41. The van der Waals surface area contributed by atoms with E-state index in [-0.39, 0.29) is 0 Å². The van der Waals surface area contributed by atoms with Crippen LogP contribution in [0.5, 0.6) is 0 Å². The molecule has 0 N–H and O–H groups in total. The normalized spacial score (nSPS) is 11.6. The number of hydrogen-bond donors (Lipinski definition) is 0. The standard InChI is InChI=1S/C41H26N4/c1-2-11-29(12-3-1)39-35-24-22-28-10-4-5-13-32(28)40(35)44-41(43-39)30-20-18-27(19-21-30)31-23-25-38(42-26-31)45-36-16-8-6-14-33(36)34-15-7-9-17-37(34)45/h1-26H. The van der Waals surface area contributed by atoms with Crippen LogP contribution in [-0.2, 0) is 0 Å². The molecular weight excluding hydrogens is 548 g/mol. The molecule has 45 heavy (non-hydrogen) atoms. The minimum atomic E-state index is 0.712. The highest BCUT2D eigenvalue weighted by Crippen LogP contribution is 2.35. The van der Waals surface area contributed by atoms with Crippen LogP contribution < -0.4 is 0 Å². The van der Waals surface area contributed by atoms with E-state index in [0.29, 0.717) is 5.82 Å². The van der Waals surface area contributed by atoms with E-state index in [1.807, 2.05) is 12.3 Å². The number of nitrogens with zero attached hydrogens (tertiary/aromatic N) is 4. The molecule has 0 bridgehead atoms. The summed E-state index contributed by atoms with van der Waals surface area (Å²) < 4.78 is 2.24. The highest BCUT2D eigenvalue weighted by Gasteiger charge is 2.15. The van der Waals surface area contributed by atoms with Gasteiger partial charge in [0.2, 0.25) is 0 Å². The fraction of sp³-hybridized carbons (Fsp3) is 0. The topological polar surface area (TPSA) is 43.6 Å². The van der Waals surface area contributed by atoms with Crippen LogP contribution in [0.2, 0.25) is 0 Å². The number of rotatable bonds is 4. The van der Waals surface area contributed by atoms with Crippen molar-refractivity contribution in [1.29, 1.82) is 0 Å². The lowest BCUT2D eigenvalue weighted by Crippen LogP contribution is -1.97. The van der Waals surface area contributed by atoms with E-state index in [1.165, 1.54) is 16.2 Å². The Labute approximate surface area is 259 Å². The van der Waals surface area contributed by atoms with E-state index in [1.54, 1.807) is 0 Å². The van der Waals surface area contributed by atoms with Crippen LogP contribution in [-0.4, -0.2) is 19.5 Å². The molecule has 0 aliphatic carbocycles. The molecule has 0 saturated heterocycles. The molecule has 0 unspecified atom stereocenters. The Hall–Kier alpha value is -6.13. The molecule has 0 fully saturated rings. The molecule has 3 aromatic heterocycles. The fourth-order valence-corrected chi connectivity index (χ4v) is 6.48. The Morgan fingerprint density at radius 3 is 1.73 bits per heavy atom. The van der Waals surface area contributed by atoms with E-state index in [9.17, 15) is 0 Å². The molecule has 9 rings (SSSR count). The largest absolute Gasteiger partial charge is 0.294 e. The van der Waals surface area contributed by atoms with Gasteiger partial charge in [0.15, 0.2) is 5.82 Å². The zero-order chi connectivity index (χ0) is 29.7. The minimum absolute atomic E-state index is 0.712. The summed E-state index contributed by atoms with van der Waals surface area (Å²) in [4.78, 5) is 15.2. The van der Waals surface area contributed by atoms with Gasteiger partial charge in [-0.3, -0.25) is 4.57 Å². The van der Waals surface area contributed by atoms with Crippen molar-refractivity contribution in [1.82, 2.24) is 19.5 Å². The van der Waals surface area contributed by atoms with E-state index in [0.717, 1.165) is 61.1 Å². The third-order valence-electron chi connectivity index (χ3n) is 8.67. The average Bonchev–Trinajstić information content (AvgIpc) is 3.46. The molecule has 0 atom stereocenters. The van der Waals surface area contributed by atoms with Crippen LogP contribution in [0.15, 0.2) is 158 Å². The van der Waals surface area contributed by atoms with Crippen molar-refractivity contribution in [2.75, 3.05) is 0 Å². The van der Waals surface area contributed by atoms with Crippen molar-refractivity contribution in [3.8, 4) is 39.6 Å².